The highest BCUT2D eigenvalue weighted by molar-refractivity contribution is 9.10. The molecule has 0 aliphatic rings. The van der Waals surface area contributed by atoms with Crippen LogP contribution in [0.15, 0.2) is 53.0 Å². The van der Waals surface area contributed by atoms with E-state index in [0.29, 0.717) is 13.2 Å². The maximum absolute atomic E-state index is 11.9. The molecular weight excluding hydrogens is 360 g/mol. The number of hydrogen-bond acceptors (Lipinski definition) is 4. The quantitative estimate of drug-likeness (QED) is 0.689. The van der Waals surface area contributed by atoms with Gasteiger partial charge in [-0.05, 0) is 48.5 Å². The lowest BCUT2D eigenvalue weighted by atomic mass is 10.3. The number of carbonyl (C=O) groups excluding carboxylic acids is 1. The van der Waals surface area contributed by atoms with Crippen LogP contribution < -0.4 is 15.4 Å². The second-order valence-electron chi connectivity index (χ2n) is 4.77. The van der Waals surface area contributed by atoms with Crippen LogP contribution in [0.4, 0.5) is 11.4 Å². The maximum atomic E-state index is 11.9. The summed E-state index contributed by atoms with van der Waals surface area (Å²) in [6.07, 6.45) is 0. The molecule has 1 amide bonds. The summed E-state index contributed by atoms with van der Waals surface area (Å²) >= 11 is 3.37. The molecular formula is C17H19BrN2O3. The highest BCUT2D eigenvalue weighted by Gasteiger charge is 2.03. The van der Waals surface area contributed by atoms with Gasteiger partial charge >= 0.3 is 0 Å². The zero-order valence-corrected chi connectivity index (χ0v) is 14.4. The van der Waals surface area contributed by atoms with Gasteiger partial charge in [-0.25, -0.2) is 0 Å². The van der Waals surface area contributed by atoms with Gasteiger partial charge in [0.15, 0.2) is 0 Å². The summed E-state index contributed by atoms with van der Waals surface area (Å²) in [7, 11) is 1.63. The van der Waals surface area contributed by atoms with Crippen LogP contribution in [0.3, 0.4) is 0 Å². The molecule has 0 radical (unpaired) electrons. The minimum Gasteiger partial charge on any atom is -0.491 e. The Bertz CT molecular complexity index is 615. The molecule has 0 aliphatic heterocycles. The van der Waals surface area contributed by atoms with E-state index in [-0.39, 0.29) is 12.5 Å². The first-order chi connectivity index (χ1) is 11.2. The Labute approximate surface area is 144 Å². The molecule has 0 heterocycles. The molecule has 122 valence electrons. The van der Waals surface area contributed by atoms with Crippen molar-refractivity contribution in [2.45, 2.75) is 0 Å². The first-order valence-corrected chi connectivity index (χ1v) is 7.98. The monoisotopic (exact) mass is 378 g/mol. The Morgan fingerprint density at radius 1 is 1.00 bits per heavy atom. The lowest BCUT2D eigenvalue weighted by Gasteiger charge is -2.09. The number of anilines is 2. The lowest BCUT2D eigenvalue weighted by Crippen LogP contribution is -2.21. The third kappa shape index (κ3) is 6.30. The molecule has 6 heteroatoms. The number of hydrogen-bond donors (Lipinski definition) is 2. The van der Waals surface area contributed by atoms with Gasteiger partial charge < -0.3 is 20.1 Å². The van der Waals surface area contributed by atoms with Crippen LogP contribution in [0.5, 0.6) is 5.75 Å². The minimum atomic E-state index is -0.110. The highest BCUT2D eigenvalue weighted by Crippen LogP contribution is 2.16. The van der Waals surface area contributed by atoms with Crippen molar-refractivity contribution < 1.29 is 14.3 Å². The predicted octanol–water partition coefficient (Wildman–Crippen LogP) is 3.52. The Morgan fingerprint density at radius 2 is 1.65 bits per heavy atom. The molecule has 0 saturated carbocycles. The van der Waals surface area contributed by atoms with E-state index in [1.165, 1.54) is 0 Å². The number of nitrogens with one attached hydrogen (secondary N) is 2. The number of benzene rings is 2. The summed E-state index contributed by atoms with van der Waals surface area (Å²) in [5, 5.41) is 5.89. The molecule has 23 heavy (non-hydrogen) atoms. The molecule has 0 fully saturated rings. The topological polar surface area (TPSA) is 59.6 Å². The molecule has 0 spiro atoms. The van der Waals surface area contributed by atoms with Gasteiger partial charge in [0.05, 0.1) is 13.2 Å². The lowest BCUT2D eigenvalue weighted by molar-refractivity contribution is -0.114. The van der Waals surface area contributed by atoms with Crippen LogP contribution in [0.25, 0.3) is 0 Å². The fourth-order valence-corrected chi connectivity index (χ4v) is 2.10. The van der Waals surface area contributed by atoms with Crippen molar-refractivity contribution >= 4 is 33.2 Å². The van der Waals surface area contributed by atoms with Gasteiger partial charge in [-0.2, -0.15) is 0 Å². The third-order valence-electron chi connectivity index (χ3n) is 2.99. The Hall–Kier alpha value is -2.05. The molecule has 0 aliphatic carbocycles. The third-order valence-corrected chi connectivity index (χ3v) is 3.52. The Balaban J connectivity index is 1.77. The second-order valence-corrected chi connectivity index (χ2v) is 5.69. The van der Waals surface area contributed by atoms with Crippen LogP contribution in [-0.4, -0.2) is 32.8 Å². The van der Waals surface area contributed by atoms with Crippen molar-refractivity contribution in [3.05, 3.63) is 53.0 Å². The van der Waals surface area contributed by atoms with Crippen molar-refractivity contribution in [2.24, 2.45) is 0 Å². The summed E-state index contributed by atoms with van der Waals surface area (Å²) in [5.74, 6) is 0.633. The van der Waals surface area contributed by atoms with Gasteiger partial charge in [-0.15, -0.1) is 0 Å². The van der Waals surface area contributed by atoms with E-state index in [1.807, 2.05) is 36.4 Å². The average molecular weight is 379 g/mol. The van der Waals surface area contributed by atoms with Crippen LogP contribution in [-0.2, 0) is 9.53 Å². The fourth-order valence-electron chi connectivity index (χ4n) is 1.83. The van der Waals surface area contributed by atoms with Gasteiger partial charge in [0.1, 0.15) is 12.4 Å². The average Bonchev–Trinajstić information content (AvgIpc) is 2.56. The molecule has 2 aromatic carbocycles. The number of halogens is 1. The van der Waals surface area contributed by atoms with Crippen molar-refractivity contribution in [3.63, 3.8) is 0 Å². The van der Waals surface area contributed by atoms with E-state index in [4.69, 9.17) is 9.47 Å². The number of carbonyl (C=O) groups is 1. The van der Waals surface area contributed by atoms with Gasteiger partial charge in [-0.3, -0.25) is 4.79 Å². The minimum absolute atomic E-state index is 0.110. The summed E-state index contributed by atoms with van der Waals surface area (Å²) in [6, 6.07) is 14.9. The van der Waals surface area contributed by atoms with E-state index in [9.17, 15) is 4.79 Å². The Morgan fingerprint density at radius 3 is 2.30 bits per heavy atom. The molecule has 0 aromatic heterocycles. The number of methoxy groups -OCH3 is 1. The normalized spacial score (nSPS) is 10.2. The van der Waals surface area contributed by atoms with Crippen molar-refractivity contribution in [1.29, 1.82) is 0 Å². The molecule has 2 N–H and O–H groups in total. The summed E-state index contributed by atoms with van der Waals surface area (Å²) in [5.41, 5.74) is 1.62. The SMILES string of the molecule is COCCOc1ccc(NC(=O)CNc2ccc(Br)cc2)cc1. The number of ether oxygens (including phenoxy) is 2. The number of rotatable bonds is 8. The van der Waals surface area contributed by atoms with E-state index >= 15 is 0 Å². The standard InChI is InChI=1S/C17H19BrN2O3/c1-22-10-11-23-16-8-6-15(7-9-16)20-17(21)12-19-14-4-2-13(18)3-5-14/h2-9,19H,10-12H2,1H3,(H,20,21). The summed E-state index contributed by atoms with van der Waals surface area (Å²) < 4.78 is 11.4. The van der Waals surface area contributed by atoms with Gasteiger partial charge in [0.2, 0.25) is 5.91 Å². The first-order valence-electron chi connectivity index (χ1n) is 7.18. The molecule has 0 saturated heterocycles. The van der Waals surface area contributed by atoms with E-state index in [2.05, 4.69) is 26.6 Å². The smallest absolute Gasteiger partial charge is 0.243 e. The zero-order valence-electron chi connectivity index (χ0n) is 12.8. The van der Waals surface area contributed by atoms with Gasteiger partial charge in [-0.1, -0.05) is 15.9 Å². The predicted molar refractivity (Wildman–Crippen MR) is 95.1 cm³/mol. The van der Waals surface area contributed by atoms with Crippen molar-refractivity contribution in [2.75, 3.05) is 37.5 Å². The molecule has 0 atom stereocenters. The zero-order chi connectivity index (χ0) is 16.5. The molecule has 0 unspecified atom stereocenters. The summed E-state index contributed by atoms with van der Waals surface area (Å²) in [4.78, 5) is 11.9. The second kappa shape index (κ2) is 9.17. The van der Waals surface area contributed by atoms with E-state index < -0.39 is 0 Å². The highest BCUT2D eigenvalue weighted by atomic mass is 79.9. The molecule has 2 rings (SSSR count). The maximum Gasteiger partial charge on any atom is 0.243 e. The van der Waals surface area contributed by atoms with Crippen LogP contribution in [0.2, 0.25) is 0 Å². The van der Waals surface area contributed by atoms with Crippen molar-refractivity contribution in [1.82, 2.24) is 0 Å². The Kier molecular flexibility index (Phi) is 6.90. The van der Waals surface area contributed by atoms with E-state index in [1.54, 1.807) is 19.2 Å². The fraction of sp³-hybridized carbons (Fsp3) is 0.235. The van der Waals surface area contributed by atoms with Gasteiger partial charge in [0, 0.05) is 23.0 Å². The largest absolute Gasteiger partial charge is 0.491 e. The summed E-state index contributed by atoms with van der Waals surface area (Å²) in [6.45, 7) is 1.24. The number of amides is 1. The van der Waals surface area contributed by atoms with Crippen molar-refractivity contribution in [3.8, 4) is 5.75 Å². The van der Waals surface area contributed by atoms with E-state index in [0.717, 1.165) is 21.6 Å². The van der Waals surface area contributed by atoms with Gasteiger partial charge in [0.25, 0.3) is 0 Å². The first kappa shape index (κ1) is 17.3. The van der Waals surface area contributed by atoms with Crippen LogP contribution >= 0.6 is 15.9 Å². The van der Waals surface area contributed by atoms with Crippen LogP contribution in [0, 0.1) is 0 Å². The molecule has 5 nitrogen and oxygen atoms in total. The molecule has 2 aromatic rings. The van der Waals surface area contributed by atoms with Crippen LogP contribution in [0.1, 0.15) is 0 Å². The molecule has 0 bridgehead atoms.